The second kappa shape index (κ2) is 8.24. The van der Waals surface area contributed by atoms with Crippen LogP contribution in [-0.4, -0.2) is 42.4 Å². The highest BCUT2D eigenvalue weighted by Gasteiger charge is 2.28. The molecule has 0 saturated heterocycles. The molecule has 1 aliphatic heterocycles. The minimum absolute atomic E-state index is 0.0345. The van der Waals surface area contributed by atoms with Crippen LogP contribution >= 0.6 is 0 Å². The van der Waals surface area contributed by atoms with Crippen LogP contribution in [0.3, 0.4) is 0 Å². The summed E-state index contributed by atoms with van der Waals surface area (Å²) >= 11 is 0. The summed E-state index contributed by atoms with van der Waals surface area (Å²) in [6.07, 6.45) is 1.05. The Labute approximate surface area is 181 Å². The third kappa shape index (κ3) is 4.11. The maximum absolute atomic E-state index is 13.1. The van der Waals surface area contributed by atoms with E-state index in [9.17, 15) is 13.2 Å². The Bertz CT molecular complexity index is 1220. The van der Waals surface area contributed by atoms with Gasteiger partial charge in [-0.15, -0.1) is 0 Å². The Morgan fingerprint density at radius 1 is 1.19 bits per heavy atom. The van der Waals surface area contributed by atoms with Crippen LogP contribution in [-0.2, 0) is 27.8 Å². The van der Waals surface area contributed by atoms with Crippen molar-refractivity contribution < 1.29 is 17.7 Å². The van der Waals surface area contributed by atoms with Gasteiger partial charge in [0.15, 0.2) is 0 Å². The molecule has 0 radical (unpaired) electrons. The molecule has 0 unspecified atom stereocenters. The molecule has 31 heavy (non-hydrogen) atoms. The van der Waals surface area contributed by atoms with Crippen LogP contribution < -0.4 is 4.90 Å². The minimum atomic E-state index is -3.76. The van der Waals surface area contributed by atoms with E-state index in [1.54, 1.807) is 17.0 Å². The summed E-state index contributed by atoms with van der Waals surface area (Å²) < 4.78 is 32.6. The zero-order valence-corrected chi connectivity index (χ0v) is 18.5. The molecule has 0 atom stereocenters. The molecule has 9 heteroatoms. The number of benzene rings is 2. The highest BCUT2D eigenvalue weighted by atomic mass is 32.2. The Balaban J connectivity index is 1.52. The van der Waals surface area contributed by atoms with E-state index in [0.29, 0.717) is 25.2 Å². The molecular formula is C22H24N4O4S. The van der Waals surface area contributed by atoms with Gasteiger partial charge in [-0.3, -0.25) is 4.79 Å². The van der Waals surface area contributed by atoms with Gasteiger partial charge in [0, 0.05) is 31.3 Å². The summed E-state index contributed by atoms with van der Waals surface area (Å²) in [6, 6.07) is 12.6. The van der Waals surface area contributed by atoms with E-state index < -0.39 is 10.0 Å². The monoisotopic (exact) mass is 440 g/mol. The van der Waals surface area contributed by atoms with Gasteiger partial charge in [-0.05, 0) is 37.1 Å². The third-order valence-electron chi connectivity index (χ3n) is 5.39. The highest BCUT2D eigenvalue weighted by molar-refractivity contribution is 7.89. The van der Waals surface area contributed by atoms with Crippen molar-refractivity contribution in [1.82, 2.24) is 14.4 Å². The first-order chi connectivity index (χ1) is 14.8. The van der Waals surface area contributed by atoms with E-state index in [1.807, 2.05) is 38.1 Å². The van der Waals surface area contributed by atoms with Gasteiger partial charge in [-0.1, -0.05) is 41.9 Å². The average Bonchev–Trinajstić information content (AvgIpc) is 3.40. The number of hydrogen-bond acceptors (Lipinski definition) is 6. The largest absolute Gasteiger partial charge is 0.338 e. The Kier molecular flexibility index (Phi) is 5.63. The molecule has 1 aliphatic rings. The fourth-order valence-electron chi connectivity index (χ4n) is 3.58. The second-order valence-electron chi connectivity index (χ2n) is 7.58. The van der Waals surface area contributed by atoms with Crippen LogP contribution in [0.25, 0.3) is 11.4 Å². The van der Waals surface area contributed by atoms with E-state index in [-0.39, 0.29) is 23.2 Å². The molecular weight excluding hydrogens is 416 g/mol. The predicted octanol–water partition coefficient (Wildman–Crippen LogP) is 3.16. The van der Waals surface area contributed by atoms with Crippen LogP contribution in [0.1, 0.15) is 30.4 Å². The molecule has 0 bridgehead atoms. The van der Waals surface area contributed by atoms with Crippen molar-refractivity contribution in [3.05, 3.63) is 59.5 Å². The molecule has 4 rings (SSSR count). The van der Waals surface area contributed by atoms with Gasteiger partial charge in [-0.25, -0.2) is 8.42 Å². The minimum Gasteiger partial charge on any atom is -0.338 e. The molecule has 1 aromatic heterocycles. The number of anilines is 1. The van der Waals surface area contributed by atoms with Gasteiger partial charge in [0.1, 0.15) is 0 Å². The van der Waals surface area contributed by atoms with Crippen LogP contribution in [0.4, 0.5) is 5.69 Å². The lowest BCUT2D eigenvalue weighted by molar-refractivity contribution is -0.118. The molecule has 2 heterocycles. The smallest absolute Gasteiger partial charge is 0.243 e. The number of carbonyl (C=O) groups is 1. The number of amides is 1. The third-order valence-corrected chi connectivity index (χ3v) is 7.19. The molecule has 0 fully saturated rings. The van der Waals surface area contributed by atoms with Gasteiger partial charge < -0.3 is 9.42 Å². The van der Waals surface area contributed by atoms with Crippen LogP contribution in [0.2, 0.25) is 0 Å². The number of rotatable bonds is 6. The summed E-state index contributed by atoms with van der Waals surface area (Å²) in [5.74, 6) is 0.661. The summed E-state index contributed by atoms with van der Waals surface area (Å²) in [5, 5.41) is 3.96. The lowest BCUT2D eigenvalue weighted by Crippen LogP contribution is -2.28. The lowest BCUT2D eigenvalue weighted by Gasteiger charge is -2.18. The molecule has 0 spiro atoms. The molecule has 8 nitrogen and oxygen atoms in total. The second-order valence-corrected chi connectivity index (χ2v) is 9.62. The van der Waals surface area contributed by atoms with Crippen molar-refractivity contribution in [2.45, 2.75) is 38.1 Å². The van der Waals surface area contributed by atoms with Crippen molar-refractivity contribution in [2.75, 3.05) is 18.5 Å². The van der Waals surface area contributed by atoms with Crippen molar-refractivity contribution in [1.29, 1.82) is 0 Å². The first-order valence-electron chi connectivity index (χ1n) is 10.1. The maximum Gasteiger partial charge on any atom is 0.243 e. The summed E-state index contributed by atoms with van der Waals surface area (Å²) in [4.78, 5) is 18.3. The first kappa shape index (κ1) is 21.2. The van der Waals surface area contributed by atoms with E-state index >= 15 is 0 Å². The van der Waals surface area contributed by atoms with Gasteiger partial charge in [0.2, 0.25) is 27.6 Å². The molecule has 0 aliphatic carbocycles. The summed E-state index contributed by atoms with van der Waals surface area (Å²) in [6.45, 7) is 4.34. The van der Waals surface area contributed by atoms with Gasteiger partial charge in [0.05, 0.1) is 11.4 Å². The van der Waals surface area contributed by atoms with Crippen molar-refractivity contribution in [3.63, 3.8) is 0 Å². The fraction of sp³-hybridized carbons (Fsp3) is 0.318. The normalized spacial score (nSPS) is 13.6. The van der Waals surface area contributed by atoms with Crippen molar-refractivity contribution >= 4 is 21.6 Å². The van der Waals surface area contributed by atoms with Crippen LogP contribution in [0.5, 0.6) is 0 Å². The zero-order chi connectivity index (χ0) is 22.2. The van der Waals surface area contributed by atoms with Gasteiger partial charge >= 0.3 is 0 Å². The summed E-state index contributed by atoms with van der Waals surface area (Å²) in [5.41, 5.74) is 3.56. The molecule has 0 saturated carbocycles. The van der Waals surface area contributed by atoms with E-state index in [2.05, 4.69) is 10.1 Å². The first-order valence-corrected chi connectivity index (χ1v) is 11.5. The summed E-state index contributed by atoms with van der Waals surface area (Å²) in [7, 11) is -2.28. The Morgan fingerprint density at radius 2 is 1.94 bits per heavy atom. The molecule has 3 aromatic rings. The quantitative estimate of drug-likeness (QED) is 0.584. The number of fused-ring (bicyclic) bond motifs is 1. The molecule has 0 N–H and O–H groups in total. The number of hydrogen-bond donors (Lipinski definition) is 0. The number of nitrogens with zero attached hydrogens (tertiary/aromatic N) is 4. The highest BCUT2D eigenvalue weighted by Crippen LogP contribution is 2.31. The number of aryl methyl sites for hydroxylation is 1. The van der Waals surface area contributed by atoms with E-state index in [4.69, 9.17) is 4.52 Å². The predicted molar refractivity (Wildman–Crippen MR) is 116 cm³/mol. The van der Waals surface area contributed by atoms with Crippen molar-refractivity contribution in [2.24, 2.45) is 0 Å². The van der Waals surface area contributed by atoms with E-state index in [0.717, 1.165) is 22.4 Å². The van der Waals surface area contributed by atoms with Crippen LogP contribution in [0.15, 0.2) is 51.9 Å². The fourth-order valence-corrected chi connectivity index (χ4v) is 4.75. The maximum atomic E-state index is 13.1. The van der Waals surface area contributed by atoms with Gasteiger partial charge in [-0.2, -0.15) is 9.29 Å². The average molecular weight is 441 g/mol. The van der Waals surface area contributed by atoms with Crippen LogP contribution in [0, 0.1) is 6.92 Å². The SMILES string of the molecule is CCC(=O)N1CCc2cc(S(=O)(=O)N(C)Cc3nc(-c4ccc(C)cc4)no3)ccc21. The molecule has 162 valence electrons. The number of sulfonamides is 1. The van der Waals surface area contributed by atoms with Gasteiger partial charge in [0.25, 0.3) is 0 Å². The molecule has 1 amide bonds. The van der Waals surface area contributed by atoms with Crippen molar-refractivity contribution in [3.8, 4) is 11.4 Å². The molecule has 2 aromatic carbocycles. The number of aromatic nitrogens is 2. The lowest BCUT2D eigenvalue weighted by atomic mass is 10.1. The van der Waals surface area contributed by atoms with E-state index in [1.165, 1.54) is 17.4 Å². The Hall–Kier alpha value is -3.04. The standard InChI is InChI=1S/C22H24N4O4S/c1-4-21(27)26-12-11-17-13-18(9-10-19(17)26)31(28,29)25(3)14-20-23-22(24-30-20)16-7-5-15(2)6-8-16/h5-10,13H,4,11-12,14H2,1-3H3. The zero-order valence-electron chi connectivity index (χ0n) is 17.7. The number of carbonyl (C=O) groups excluding carboxylic acids is 1. The Morgan fingerprint density at radius 3 is 2.65 bits per heavy atom. The topological polar surface area (TPSA) is 96.6 Å².